The molecule has 5 nitrogen and oxygen atoms in total. The number of hydrogen-bond acceptors (Lipinski definition) is 5. The van der Waals surface area contributed by atoms with Crippen LogP contribution in [0, 0.1) is 5.82 Å². The minimum Gasteiger partial charge on any atom is -0.497 e. The quantitative estimate of drug-likeness (QED) is 0.412. The number of likely N-dealkylation sites (N-methyl/N-ethyl adjacent to an activating group) is 1. The van der Waals surface area contributed by atoms with E-state index < -0.39 is 5.82 Å². The summed E-state index contributed by atoms with van der Waals surface area (Å²) in [4.78, 5) is 14.1. The molecule has 0 unspecified atom stereocenters. The van der Waals surface area contributed by atoms with Crippen LogP contribution in [0.25, 0.3) is 16.7 Å². The summed E-state index contributed by atoms with van der Waals surface area (Å²) in [5.41, 5.74) is 2.97. The van der Waals surface area contributed by atoms with E-state index in [4.69, 9.17) is 14.2 Å². The number of halogens is 1. The van der Waals surface area contributed by atoms with Crippen molar-refractivity contribution in [3.8, 4) is 28.4 Å². The Morgan fingerprint density at radius 1 is 0.970 bits per heavy atom. The van der Waals surface area contributed by atoms with Crippen molar-refractivity contribution in [2.75, 3.05) is 41.5 Å². The lowest BCUT2D eigenvalue weighted by molar-refractivity contribution is 0.261. The molecule has 33 heavy (non-hydrogen) atoms. The molecular weight excluding hydrogens is 421 g/mol. The molecule has 0 atom stereocenters. The largest absolute Gasteiger partial charge is 0.497 e. The Kier molecular flexibility index (Phi) is 8.25. The van der Waals surface area contributed by atoms with Crippen LogP contribution in [0.3, 0.4) is 0 Å². The molecule has 0 N–H and O–H groups in total. The number of rotatable bonds is 10. The first kappa shape index (κ1) is 24.1. The van der Waals surface area contributed by atoms with Crippen LogP contribution in [0.15, 0.2) is 60.7 Å². The zero-order valence-corrected chi connectivity index (χ0v) is 19.4. The number of methoxy groups -OCH3 is 2. The molecule has 0 saturated heterocycles. The van der Waals surface area contributed by atoms with Crippen LogP contribution in [-0.4, -0.2) is 52.3 Å². The van der Waals surface area contributed by atoms with E-state index in [0.717, 1.165) is 11.1 Å². The second kappa shape index (κ2) is 11.3. The van der Waals surface area contributed by atoms with Gasteiger partial charge in [-0.15, -0.1) is 0 Å². The van der Waals surface area contributed by atoms with E-state index in [1.165, 1.54) is 13.2 Å². The highest BCUT2D eigenvalue weighted by molar-refractivity contribution is 5.92. The fourth-order valence-corrected chi connectivity index (χ4v) is 3.46. The van der Waals surface area contributed by atoms with Gasteiger partial charge < -0.3 is 19.1 Å². The van der Waals surface area contributed by atoms with Gasteiger partial charge in [0.15, 0.2) is 0 Å². The maximum Gasteiger partial charge on any atom is 0.130 e. The molecule has 0 radical (unpaired) electrons. The first-order valence-corrected chi connectivity index (χ1v) is 10.6. The average molecular weight is 450 g/mol. The minimum absolute atomic E-state index is 0.0682. The molecule has 3 aromatic carbocycles. The van der Waals surface area contributed by atoms with E-state index in [-0.39, 0.29) is 6.42 Å². The third-order valence-electron chi connectivity index (χ3n) is 5.27. The lowest BCUT2D eigenvalue weighted by Gasteiger charge is -2.17. The molecule has 0 saturated carbocycles. The Morgan fingerprint density at radius 3 is 2.42 bits per heavy atom. The van der Waals surface area contributed by atoms with Gasteiger partial charge in [0.05, 0.1) is 19.8 Å². The average Bonchev–Trinajstić information content (AvgIpc) is 2.83. The minimum atomic E-state index is -0.446. The first-order valence-electron chi connectivity index (χ1n) is 10.6. The molecule has 3 rings (SSSR count). The predicted molar refractivity (Wildman–Crippen MR) is 128 cm³/mol. The van der Waals surface area contributed by atoms with E-state index in [1.54, 1.807) is 19.2 Å². The molecule has 0 aromatic heterocycles. The van der Waals surface area contributed by atoms with Crippen molar-refractivity contribution in [2.45, 2.75) is 6.42 Å². The number of carbonyl (C=O) groups excluding carboxylic acids is 1. The maximum absolute atomic E-state index is 14.6. The Hall–Kier alpha value is -3.60. The van der Waals surface area contributed by atoms with Crippen LogP contribution in [0.4, 0.5) is 4.39 Å². The number of para-hydroxylation sites is 1. The molecule has 0 heterocycles. The van der Waals surface area contributed by atoms with E-state index in [1.807, 2.05) is 67.4 Å². The molecule has 0 spiro atoms. The molecule has 0 amide bonds. The predicted octanol–water partition coefficient (Wildman–Crippen LogP) is 4.91. The smallest absolute Gasteiger partial charge is 0.130 e. The van der Waals surface area contributed by atoms with E-state index in [2.05, 4.69) is 0 Å². The second-order valence-electron chi connectivity index (χ2n) is 7.78. The van der Waals surface area contributed by atoms with E-state index in [0.29, 0.717) is 47.1 Å². The van der Waals surface area contributed by atoms with Gasteiger partial charge in [0.25, 0.3) is 0 Å². The summed E-state index contributed by atoms with van der Waals surface area (Å²) >= 11 is 0. The highest BCUT2D eigenvalue weighted by Gasteiger charge is 2.17. The van der Waals surface area contributed by atoms with Gasteiger partial charge in [-0.1, -0.05) is 30.3 Å². The van der Waals surface area contributed by atoms with Crippen LogP contribution in [0.5, 0.6) is 17.2 Å². The third-order valence-corrected chi connectivity index (χ3v) is 5.27. The summed E-state index contributed by atoms with van der Waals surface area (Å²) in [6.07, 6.45) is 0.0682. The highest BCUT2D eigenvalue weighted by atomic mass is 19.1. The number of benzene rings is 3. The van der Waals surface area contributed by atoms with Gasteiger partial charge in [0.2, 0.25) is 0 Å². The van der Waals surface area contributed by atoms with Crippen molar-refractivity contribution in [1.82, 2.24) is 4.90 Å². The van der Waals surface area contributed by atoms with Crippen molar-refractivity contribution < 1.29 is 23.4 Å². The molecule has 172 valence electrons. The summed E-state index contributed by atoms with van der Waals surface area (Å²) < 4.78 is 31.2. The van der Waals surface area contributed by atoms with Crippen LogP contribution in [0.2, 0.25) is 0 Å². The Labute approximate surface area is 194 Å². The second-order valence-corrected chi connectivity index (χ2v) is 7.78. The normalized spacial score (nSPS) is 10.6. The molecular formula is C27H28FNO4. The standard InChI is InChI=1S/C27H28FNO4/c1-29(2)13-14-33-27-12-10-19(23-7-5-6-8-26(23)32-4)16-24(27)21(18-30)15-20-9-11-22(31-3)17-25(20)28/h5-12,16-17H,13-15H2,1-4H3. The van der Waals surface area contributed by atoms with Gasteiger partial charge >= 0.3 is 0 Å². The highest BCUT2D eigenvalue weighted by Crippen LogP contribution is 2.36. The third kappa shape index (κ3) is 6.01. The zero-order valence-electron chi connectivity index (χ0n) is 19.4. The van der Waals surface area contributed by atoms with Crippen molar-refractivity contribution in [1.29, 1.82) is 0 Å². The van der Waals surface area contributed by atoms with Crippen molar-refractivity contribution >= 4 is 11.5 Å². The summed E-state index contributed by atoms with van der Waals surface area (Å²) in [7, 11) is 7.00. The van der Waals surface area contributed by atoms with Crippen molar-refractivity contribution in [2.24, 2.45) is 0 Å². The summed E-state index contributed by atoms with van der Waals surface area (Å²) in [6, 6.07) is 17.8. The number of nitrogens with zero attached hydrogens (tertiary/aromatic N) is 1. The fraction of sp³-hybridized carbons (Fsp3) is 0.259. The Balaban J connectivity index is 2.03. The SMILES string of the molecule is COc1ccc(CC(=C=O)c2cc(-c3ccccc3OC)ccc2OCCN(C)C)c(F)c1. The van der Waals surface area contributed by atoms with Gasteiger partial charge in [0.1, 0.15) is 35.6 Å². The van der Waals surface area contributed by atoms with Crippen LogP contribution < -0.4 is 14.2 Å². The lowest BCUT2D eigenvalue weighted by atomic mass is 9.94. The van der Waals surface area contributed by atoms with Gasteiger partial charge in [-0.05, 0) is 49.5 Å². The topological polar surface area (TPSA) is 48.0 Å². The van der Waals surface area contributed by atoms with Gasteiger partial charge in [-0.3, -0.25) is 0 Å². The monoisotopic (exact) mass is 449 g/mol. The fourth-order valence-electron chi connectivity index (χ4n) is 3.46. The van der Waals surface area contributed by atoms with Crippen LogP contribution >= 0.6 is 0 Å². The number of ether oxygens (including phenoxy) is 3. The molecule has 0 fully saturated rings. The van der Waals surface area contributed by atoms with Gasteiger partial charge in [0, 0.05) is 30.2 Å². The molecule has 3 aromatic rings. The van der Waals surface area contributed by atoms with Crippen molar-refractivity contribution in [3.05, 3.63) is 77.6 Å². The molecule has 0 aliphatic carbocycles. The Bertz CT molecular complexity index is 1150. The zero-order chi connectivity index (χ0) is 23.8. The summed E-state index contributed by atoms with van der Waals surface area (Å²) in [5.74, 6) is 3.24. The van der Waals surface area contributed by atoms with Gasteiger partial charge in [-0.25, -0.2) is 9.18 Å². The van der Waals surface area contributed by atoms with Crippen molar-refractivity contribution in [3.63, 3.8) is 0 Å². The summed E-state index contributed by atoms with van der Waals surface area (Å²) in [6.45, 7) is 1.15. The van der Waals surface area contributed by atoms with Crippen LogP contribution in [-0.2, 0) is 11.2 Å². The molecule has 0 aliphatic rings. The molecule has 0 bridgehead atoms. The maximum atomic E-state index is 14.6. The lowest BCUT2D eigenvalue weighted by Crippen LogP contribution is -2.19. The molecule has 6 heteroatoms. The summed E-state index contributed by atoms with van der Waals surface area (Å²) in [5, 5.41) is 0. The first-order chi connectivity index (χ1) is 16.0. The van der Waals surface area contributed by atoms with E-state index >= 15 is 0 Å². The Morgan fingerprint density at radius 2 is 1.76 bits per heavy atom. The van der Waals surface area contributed by atoms with E-state index in [9.17, 15) is 9.18 Å². The van der Waals surface area contributed by atoms with Crippen LogP contribution in [0.1, 0.15) is 11.1 Å². The number of allylic oxidation sites excluding steroid dienone is 1. The number of hydrogen-bond donors (Lipinski definition) is 0. The molecule has 0 aliphatic heterocycles. The van der Waals surface area contributed by atoms with Gasteiger partial charge in [-0.2, -0.15) is 0 Å².